The predicted molar refractivity (Wildman–Crippen MR) is 86.8 cm³/mol. The van der Waals surface area contributed by atoms with Gasteiger partial charge in [0.05, 0.1) is 6.04 Å². The molecular formula is C17H16ClN3. The first-order chi connectivity index (χ1) is 10.3. The van der Waals surface area contributed by atoms with Crippen LogP contribution in [0.3, 0.4) is 0 Å². The van der Waals surface area contributed by atoms with Crippen molar-refractivity contribution in [2.75, 3.05) is 5.32 Å². The molecule has 1 unspecified atom stereocenters. The Hall–Kier alpha value is -2.00. The lowest BCUT2D eigenvalue weighted by molar-refractivity contribution is 0.591. The summed E-state index contributed by atoms with van der Waals surface area (Å²) in [6, 6.07) is 14.5. The van der Waals surface area contributed by atoms with Crippen LogP contribution in [0.5, 0.6) is 0 Å². The van der Waals surface area contributed by atoms with Crippen molar-refractivity contribution in [3.63, 3.8) is 0 Å². The molecule has 4 rings (SSSR count). The lowest BCUT2D eigenvalue weighted by Crippen LogP contribution is -2.17. The maximum atomic E-state index is 5.97. The summed E-state index contributed by atoms with van der Waals surface area (Å²) in [4.78, 5) is 7.91. The highest BCUT2D eigenvalue weighted by Crippen LogP contribution is 2.36. The molecule has 106 valence electrons. The number of halogens is 1. The highest BCUT2D eigenvalue weighted by atomic mass is 35.5. The lowest BCUT2D eigenvalue weighted by atomic mass is 9.92. The molecule has 0 aliphatic heterocycles. The Bertz CT molecular complexity index is 794. The van der Waals surface area contributed by atoms with Crippen molar-refractivity contribution < 1.29 is 0 Å². The topological polar surface area (TPSA) is 40.7 Å². The SMILES string of the molecule is Clc1cccc(NC2CCCc3c2[nH]c2ccccc32)n1. The summed E-state index contributed by atoms with van der Waals surface area (Å²) in [6.07, 6.45) is 3.43. The van der Waals surface area contributed by atoms with E-state index in [2.05, 4.69) is 39.6 Å². The van der Waals surface area contributed by atoms with Crippen LogP contribution in [0.4, 0.5) is 5.82 Å². The van der Waals surface area contributed by atoms with Gasteiger partial charge in [-0.05, 0) is 43.0 Å². The van der Waals surface area contributed by atoms with Crippen LogP contribution in [0.2, 0.25) is 5.15 Å². The third kappa shape index (κ3) is 2.28. The van der Waals surface area contributed by atoms with Gasteiger partial charge in [-0.3, -0.25) is 0 Å². The Morgan fingerprint density at radius 3 is 2.95 bits per heavy atom. The number of anilines is 1. The molecule has 0 bridgehead atoms. The first-order valence-electron chi connectivity index (χ1n) is 7.30. The van der Waals surface area contributed by atoms with Gasteiger partial charge in [0.15, 0.2) is 0 Å². The number of rotatable bonds is 2. The van der Waals surface area contributed by atoms with E-state index in [9.17, 15) is 0 Å². The molecule has 1 aliphatic rings. The van der Waals surface area contributed by atoms with Gasteiger partial charge in [0.25, 0.3) is 0 Å². The Balaban J connectivity index is 1.73. The van der Waals surface area contributed by atoms with E-state index < -0.39 is 0 Å². The Morgan fingerprint density at radius 1 is 1.14 bits per heavy atom. The fourth-order valence-corrected chi connectivity index (χ4v) is 3.39. The Labute approximate surface area is 128 Å². The second kappa shape index (κ2) is 5.08. The third-order valence-corrected chi connectivity index (χ3v) is 4.36. The highest BCUT2D eigenvalue weighted by Gasteiger charge is 2.24. The molecule has 2 N–H and O–H groups in total. The highest BCUT2D eigenvalue weighted by molar-refractivity contribution is 6.29. The molecule has 0 spiro atoms. The van der Waals surface area contributed by atoms with Gasteiger partial charge >= 0.3 is 0 Å². The number of aryl methyl sites for hydroxylation is 1. The molecule has 2 aromatic heterocycles. The Kier molecular flexibility index (Phi) is 3.08. The molecule has 0 saturated carbocycles. The molecule has 0 amide bonds. The first-order valence-corrected chi connectivity index (χ1v) is 7.67. The largest absolute Gasteiger partial charge is 0.362 e. The van der Waals surface area contributed by atoms with Gasteiger partial charge in [-0.2, -0.15) is 0 Å². The molecule has 3 nitrogen and oxygen atoms in total. The van der Waals surface area contributed by atoms with Crippen molar-refractivity contribution in [1.82, 2.24) is 9.97 Å². The molecule has 21 heavy (non-hydrogen) atoms. The van der Waals surface area contributed by atoms with Gasteiger partial charge in [0, 0.05) is 16.6 Å². The number of pyridine rings is 1. The van der Waals surface area contributed by atoms with E-state index in [1.807, 2.05) is 12.1 Å². The molecular weight excluding hydrogens is 282 g/mol. The van der Waals surface area contributed by atoms with Crippen molar-refractivity contribution >= 4 is 28.3 Å². The summed E-state index contributed by atoms with van der Waals surface area (Å²) in [5.74, 6) is 0.832. The standard InChI is InChI=1S/C17H16ClN3/c18-15-9-4-10-16(21-15)19-14-8-3-6-12-11-5-1-2-7-13(11)20-17(12)14/h1-2,4-5,7,9-10,14,20H,3,6,8H2,(H,19,21). The molecule has 2 heterocycles. The van der Waals surface area contributed by atoms with Gasteiger partial charge in [0.1, 0.15) is 11.0 Å². The molecule has 0 saturated heterocycles. The minimum absolute atomic E-state index is 0.270. The first kappa shape index (κ1) is 12.7. The summed E-state index contributed by atoms with van der Waals surface area (Å²) in [7, 11) is 0. The third-order valence-electron chi connectivity index (χ3n) is 4.15. The molecule has 1 aromatic carbocycles. The van der Waals surface area contributed by atoms with Gasteiger partial charge in [-0.1, -0.05) is 35.9 Å². The maximum absolute atomic E-state index is 5.97. The Morgan fingerprint density at radius 2 is 2.05 bits per heavy atom. The van der Waals surface area contributed by atoms with Crippen molar-refractivity contribution in [2.45, 2.75) is 25.3 Å². The number of hydrogen-bond donors (Lipinski definition) is 2. The molecule has 1 atom stereocenters. The number of hydrogen-bond acceptors (Lipinski definition) is 2. The molecule has 1 aliphatic carbocycles. The zero-order chi connectivity index (χ0) is 14.2. The van der Waals surface area contributed by atoms with Crippen LogP contribution < -0.4 is 5.32 Å². The van der Waals surface area contributed by atoms with Crippen molar-refractivity contribution in [3.8, 4) is 0 Å². The number of H-pyrrole nitrogens is 1. The second-order valence-corrected chi connectivity index (χ2v) is 5.88. The van der Waals surface area contributed by atoms with Gasteiger partial charge in [-0.25, -0.2) is 4.98 Å². The summed E-state index contributed by atoms with van der Waals surface area (Å²) in [6.45, 7) is 0. The average Bonchev–Trinajstić information content (AvgIpc) is 2.87. The van der Waals surface area contributed by atoms with E-state index in [-0.39, 0.29) is 6.04 Å². The number of aromatic nitrogens is 2. The summed E-state index contributed by atoms with van der Waals surface area (Å²) in [5.41, 5.74) is 3.95. The second-order valence-electron chi connectivity index (χ2n) is 5.50. The van der Waals surface area contributed by atoms with E-state index >= 15 is 0 Å². The molecule has 4 heteroatoms. The fraction of sp³-hybridized carbons (Fsp3) is 0.235. The minimum atomic E-state index is 0.270. The van der Waals surface area contributed by atoms with Crippen LogP contribution in [-0.2, 0) is 6.42 Å². The summed E-state index contributed by atoms with van der Waals surface area (Å²) in [5, 5.41) is 5.38. The van der Waals surface area contributed by atoms with E-state index in [4.69, 9.17) is 11.6 Å². The number of nitrogens with one attached hydrogen (secondary N) is 2. The quantitative estimate of drug-likeness (QED) is 0.673. The smallest absolute Gasteiger partial charge is 0.131 e. The van der Waals surface area contributed by atoms with E-state index in [1.165, 1.54) is 28.6 Å². The monoisotopic (exact) mass is 297 g/mol. The number of fused-ring (bicyclic) bond motifs is 3. The fourth-order valence-electron chi connectivity index (χ4n) is 3.23. The zero-order valence-corrected chi connectivity index (χ0v) is 12.3. The molecule has 3 aromatic rings. The van der Waals surface area contributed by atoms with Crippen LogP contribution >= 0.6 is 11.6 Å². The predicted octanol–water partition coefficient (Wildman–Crippen LogP) is 4.71. The lowest BCUT2D eigenvalue weighted by Gasteiger charge is -2.24. The van der Waals surface area contributed by atoms with Crippen LogP contribution in [0.25, 0.3) is 10.9 Å². The van der Waals surface area contributed by atoms with E-state index in [0.29, 0.717) is 5.15 Å². The number of nitrogens with zero attached hydrogens (tertiary/aromatic N) is 1. The number of para-hydroxylation sites is 1. The molecule has 0 fully saturated rings. The van der Waals surface area contributed by atoms with Crippen molar-refractivity contribution in [2.24, 2.45) is 0 Å². The van der Waals surface area contributed by atoms with Crippen molar-refractivity contribution in [3.05, 3.63) is 58.9 Å². The average molecular weight is 298 g/mol. The van der Waals surface area contributed by atoms with Crippen LogP contribution in [-0.4, -0.2) is 9.97 Å². The minimum Gasteiger partial charge on any atom is -0.362 e. The van der Waals surface area contributed by atoms with Crippen LogP contribution in [0.15, 0.2) is 42.5 Å². The van der Waals surface area contributed by atoms with Crippen molar-refractivity contribution in [1.29, 1.82) is 0 Å². The number of aromatic amines is 1. The number of benzene rings is 1. The maximum Gasteiger partial charge on any atom is 0.131 e. The van der Waals surface area contributed by atoms with Crippen LogP contribution in [0, 0.1) is 0 Å². The summed E-state index contributed by atoms with van der Waals surface area (Å²) >= 11 is 5.97. The van der Waals surface area contributed by atoms with E-state index in [0.717, 1.165) is 18.7 Å². The van der Waals surface area contributed by atoms with Crippen LogP contribution in [0.1, 0.15) is 30.1 Å². The normalized spacial score (nSPS) is 17.7. The van der Waals surface area contributed by atoms with Gasteiger partial charge in [0.2, 0.25) is 0 Å². The van der Waals surface area contributed by atoms with E-state index in [1.54, 1.807) is 6.07 Å². The van der Waals surface area contributed by atoms with Gasteiger partial charge < -0.3 is 10.3 Å². The van der Waals surface area contributed by atoms with Gasteiger partial charge in [-0.15, -0.1) is 0 Å². The zero-order valence-electron chi connectivity index (χ0n) is 11.6. The molecule has 0 radical (unpaired) electrons. The summed E-state index contributed by atoms with van der Waals surface area (Å²) < 4.78 is 0.